The molecule has 25 heavy (non-hydrogen) atoms. The van der Waals surface area contributed by atoms with Crippen molar-refractivity contribution in [3.63, 3.8) is 0 Å². The SMILES string of the molecule is CCc1nc(C)c(C(=O)N[C@H]2CCCN(CCc3ccccc3)C2)o1. The van der Waals surface area contributed by atoms with Crippen LogP contribution in [0.15, 0.2) is 34.7 Å². The molecular weight excluding hydrogens is 314 g/mol. The van der Waals surface area contributed by atoms with Gasteiger partial charge in [-0.15, -0.1) is 0 Å². The van der Waals surface area contributed by atoms with Crippen molar-refractivity contribution in [3.8, 4) is 0 Å². The number of nitrogens with zero attached hydrogens (tertiary/aromatic N) is 2. The maximum Gasteiger partial charge on any atom is 0.289 e. The number of oxazole rings is 1. The highest BCUT2D eigenvalue weighted by Crippen LogP contribution is 2.14. The van der Waals surface area contributed by atoms with Gasteiger partial charge in [-0.1, -0.05) is 37.3 Å². The minimum Gasteiger partial charge on any atom is -0.435 e. The highest BCUT2D eigenvalue weighted by atomic mass is 16.4. The van der Waals surface area contributed by atoms with Crippen LogP contribution in [0, 0.1) is 6.92 Å². The van der Waals surface area contributed by atoms with Gasteiger partial charge in [0.15, 0.2) is 5.89 Å². The zero-order chi connectivity index (χ0) is 17.6. The molecule has 5 nitrogen and oxygen atoms in total. The molecule has 1 aromatic carbocycles. The first-order valence-electron chi connectivity index (χ1n) is 9.19. The second-order valence-electron chi connectivity index (χ2n) is 6.72. The van der Waals surface area contributed by atoms with Crippen LogP contribution in [-0.4, -0.2) is 41.5 Å². The molecule has 1 amide bonds. The molecule has 1 aliphatic rings. The van der Waals surface area contributed by atoms with Crippen LogP contribution in [0.2, 0.25) is 0 Å². The molecule has 134 valence electrons. The highest BCUT2D eigenvalue weighted by molar-refractivity contribution is 5.92. The molecule has 1 fully saturated rings. The van der Waals surface area contributed by atoms with Gasteiger partial charge in [0.05, 0.1) is 5.69 Å². The van der Waals surface area contributed by atoms with Gasteiger partial charge in [0, 0.05) is 25.6 Å². The zero-order valence-electron chi connectivity index (χ0n) is 15.1. The minimum atomic E-state index is -0.139. The lowest BCUT2D eigenvalue weighted by molar-refractivity contribution is 0.0873. The predicted molar refractivity (Wildman–Crippen MR) is 97.7 cm³/mol. The lowest BCUT2D eigenvalue weighted by atomic mass is 10.0. The number of likely N-dealkylation sites (tertiary alicyclic amines) is 1. The van der Waals surface area contributed by atoms with Gasteiger partial charge in [-0.25, -0.2) is 4.98 Å². The molecule has 1 atom stereocenters. The standard InChI is InChI=1S/C20H27N3O2/c1-3-18-21-15(2)19(25-18)20(24)22-17-10-7-12-23(14-17)13-11-16-8-5-4-6-9-16/h4-6,8-9,17H,3,7,10-14H2,1-2H3,(H,22,24)/t17-/m0/s1. The molecule has 1 N–H and O–H groups in total. The van der Waals surface area contributed by atoms with Gasteiger partial charge in [0.1, 0.15) is 0 Å². The van der Waals surface area contributed by atoms with E-state index < -0.39 is 0 Å². The van der Waals surface area contributed by atoms with Crippen LogP contribution in [-0.2, 0) is 12.8 Å². The van der Waals surface area contributed by atoms with Crippen LogP contribution in [0.4, 0.5) is 0 Å². The molecule has 0 aliphatic carbocycles. The van der Waals surface area contributed by atoms with Crippen molar-refractivity contribution in [3.05, 3.63) is 53.2 Å². The summed E-state index contributed by atoms with van der Waals surface area (Å²) in [7, 11) is 0. The van der Waals surface area contributed by atoms with Crippen LogP contribution in [0.5, 0.6) is 0 Å². The van der Waals surface area contributed by atoms with Crippen molar-refractivity contribution < 1.29 is 9.21 Å². The van der Waals surface area contributed by atoms with Crippen molar-refractivity contribution >= 4 is 5.91 Å². The molecule has 1 saturated heterocycles. The summed E-state index contributed by atoms with van der Waals surface area (Å²) in [5.74, 6) is 0.841. The summed E-state index contributed by atoms with van der Waals surface area (Å²) in [5, 5.41) is 3.13. The molecule has 1 aromatic heterocycles. The Bertz CT molecular complexity index is 696. The third-order valence-electron chi connectivity index (χ3n) is 4.75. The van der Waals surface area contributed by atoms with Crippen LogP contribution >= 0.6 is 0 Å². The number of aryl methyl sites for hydroxylation is 2. The minimum absolute atomic E-state index is 0.139. The number of nitrogens with one attached hydrogen (secondary N) is 1. The van der Waals surface area contributed by atoms with Gasteiger partial charge in [-0.05, 0) is 38.3 Å². The number of aromatic nitrogens is 1. The molecule has 1 aliphatic heterocycles. The molecule has 0 bridgehead atoms. The molecule has 0 saturated carbocycles. The average molecular weight is 341 g/mol. The first-order valence-corrected chi connectivity index (χ1v) is 9.19. The number of hydrogen-bond donors (Lipinski definition) is 1. The number of carbonyl (C=O) groups excluding carboxylic acids is 1. The molecule has 0 spiro atoms. The Morgan fingerprint density at radius 3 is 2.88 bits per heavy atom. The van der Waals surface area contributed by atoms with Crippen LogP contribution < -0.4 is 5.32 Å². The molecule has 2 aromatic rings. The Morgan fingerprint density at radius 2 is 2.16 bits per heavy atom. The Hall–Kier alpha value is -2.14. The summed E-state index contributed by atoms with van der Waals surface area (Å²) in [5.41, 5.74) is 2.03. The second-order valence-corrected chi connectivity index (χ2v) is 6.72. The topological polar surface area (TPSA) is 58.4 Å². The van der Waals surface area contributed by atoms with E-state index >= 15 is 0 Å². The lowest BCUT2D eigenvalue weighted by Gasteiger charge is -2.33. The number of amides is 1. The van der Waals surface area contributed by atoms with E-state index in [9.17, 15) is 4.79 Å². The fourth-order valence-electron chi connectivity index (χ4n) is 3.37. The van der Waals surface area contributed by atoms with E-state index in [4.69, 9.17) is 4.42 Å². The van der Waals surface area contributed by atoms with Gasteiger partial charge in [-0.3, -0.25) is 4.79 Å². The van der Waals surface area contributed by atoms with Gasteiger partial charge in [0.2, 0.25) is 5.76 Å². The van der Waals surface area contributed by atoms with E-state index in [-0.39, 0.29) is 11.9 Å². The number of piperidine rings is 1. The first-order chi connectivity index (χ1) is 12.2. The fraction of sp³-hybridized carbons (Fsp3) is 0.500. The Balaban J connectivity index is 1.52. The third kappa shape index (κ3) is 4.69. The quantitative estimate of drug-likeness (QED) is 0.877. The van der Waals surface area contributed by atoms with E-state index in [1.54, 1.807) is 0 Å². The third-order valence-corrected chi connectivity index (χ3v) is 4.75. The Labute approximate surface area is 149 Å². The van der Waals surface area contributed by atoms with Crippen molar-refractivity contribution in [1.82, 2.24) is 15.2 Å². The highest BCUT2D eigenvalue weighted by Gasteiger charge is 2.24. The maximum absolute atomic E-state index is 12.5. The summed E-state index contributed by atoms with van der Waals surface area (Å²) in [6.07, 6.45) is 3.87. The van der Waals surface area contributed by atoms with Crippen LogP contribution in [0.1, 0.15) is 47.5 Å². The lowest BCUT2D eigenvalue weighted by Crippen LogP contribution is -2.48. The van der Waals surface area contributed by atoms with E-state index in [0.29, 0.717) is 23.8 Å². The molecular formula is C20H27N3O2. The van der Waals surface area contributed by atoms with E-state index in [1.165, 1.54) is 5.56 Å². The van der Waals surface area contributed by atoms with E-state index in [1.807, 2.05) is 19.9 Å². The summed E-state index contributed by atoms with van der Waals surface area (Å²) >= 11 is 0. The van der Waals surface area contributed by atoms with Gasteiger partial charge in [-0.2, -0.15) is 0 Å². The number of rotatable bonds is 6. The molecule has 5 heteroatoms. The summed E-state index contributed by atoms with van der Waals surface area (Å²) in [6, 6.07) is 10.7. The Morgan fingerprint density at radius 1 is 1.36 bits per heavy atom. The van der Waals surface area contributed by atoms with E-state index in [2.05, 4.69) is 39.5 Å². The van der Waals surface area contributed by atoms with E-state index in [0.717, 1.165) is 38.9 Å². The molecule has 3 rings (SSSR count). The number of hydrogen-bond acceptors (Lipinski definition) is 4. The fourth-order valence-corrected chi connectivity index (χ4v) is 3.37. The largest absolute Gasteiger partial charge is 0.435 e. The zero-order valence-corrected chi connectivity index (χ0v) is 15.1. The molecule has 2 heterocycles. The smallest absolute Gasteiger partial charge is 0.289 e. The number of benzene rings is 1. The van der Waals surface area contributed by atoms with Gasteiger partial charge >= 0.3 is 0 Å². The Kier molecular flexibility index (Phi) is 5.87. The van der Waals surface area contributed by atoms with Crippen LogP contribution in [0.3, 0.4) is 0 Å². The van der Waals surface area contributed by atoms with Crippen molar-refractivity contribution in [1.29, 1.82) is 0 Å². The predicted octanol–water partition coefficient (Wildman–Crippen LogP) is 2.98. The first kappa shape index (κ1) is 17.7. The van der Waals surface area contributed by atoms with Crippen molar-refractivity contribution in [2.45, 2.75) is 45.6 Å². The summed E-state index contributed by atoms with van der Waals surface area (Å²) in [6.45, 7) is 6.81. The van der Waals surface area contributed by atoms with Crippen molar-refractivity contribution in [2.75, 3.05) is 19.6 Å². The van der Waals surface area contributed by atoms with Gasteiger partial charge < -0.3 is 14.6 Å². The van der Waals surface area contributed by atoms with Crippen molar-refractivity contribution in [2.24, 2.45) is 0 Å². The van der Waals surface area contributed by atoms with Gasteiger partial charge in [0.25, 0.3) is 5.91 Å². The molecule has 0 unspecified atom stereocenters. The summed E-state index contributed by atoms with van der Waals surface area (Å²) < 4.78 is 5.56. The number of carbonyl (C=O) groups is 1. The average Bonchev–Trinajstić information content (AvgIpc) is 3.02. The normalized spacial score (nSPS) is 18.2. The second kappa shape index (κ2) is 8.30. The maximum atomic E-state index is 12.5. The summed E-state index contributed by atoms with van der Waals surface area (Å²) in [4.78, 5) is 19.2. The van der Waals surface area contributed by atoms with Crippen LogP contribution in [0.25, 0.3) is 0 Å². The molecule has 0 radical (unpaired) electrons. The monoisotopic (exact) mass is 341 g/mol.